The van der Waals surface area contributed by atoms with Gasteiger partial charge in [-0.3, -0.25) is 4.90 Å². The molecule has 0 aliphatic carbocycles. The quantitative estimate of drug-likeness (QED) is 0.625. The summed E-state index contributed by atoms with van der Waals surface area (Å²) in [5, 5.41) is 0.786. The minimum Gasteiger partial charge on any atom is -0.322 e. The van der Waals surface area contributed by atoms with Crippen molar-refractivity contribution in [1.82, 2.24) is 14.5 Å². The summed E-state index contributed by atoms with van der Waals surface area (Å²) < 4.78 is 2.36. The lowest BCUT2D eigenvalue weighted by Gasteiger charge is -2.30. The summed E-state index contributed by atoms with van der Waals surface area (Å²) >= 11 is 6.20. The van der Waals surface area contributed by atoms with Crippen molar-refractivity contribution in [3.8, 4) is 0 Å². The first-order valence-electron chi connectivity index (χ1n) is 9.51. The van der Waals surface area contributed by atoms with E-state index in [2.05, 4.69) is 47.6 Å². The smallest absolute Gasteiger partial charge is 0.124 e. The second-order valence-corrected chi connectivity index (χ2v) is 8.13. The van der Waals surface area contributed by atoms with Gasteiger partial charge in [-0.1, -0.05) is 36.7 Å². The van der Waals surface area contributed by atoms with Crippen LogP contribution in [-0.2, 0) is 13.1 Å². The molecule has 26 heavy (non-hydrogen) atoms. The third kappa shape index (κ3) is 3.79. The molecule has 3 nitrogen and oxygen atoms in total. The Morgan fingerprint density at radius 3 is 2.65 bits per heavy atom. The molecule has 1 aliphatic heterocycles. The Hall–Kier alpha value is -1.84. The zero-order chi connectivity index (χ0) is 18.1. The van der Waals surface area contributed by atoms with E-state index in [0.29, 0.717) is 0 Å². The third-order valence-electron chi connectivity index (χ3n) is 5.45. The number of rotatable bonds is 4. The highest BCUT2D eigenvalue weighted by molar-refractivity contribution is 6.30. The normalized spacial score (nSPS) is 16.4. The average molecular weight is 368 g/mol. The van der Waals surface area contributed by atoms with E-state index in [1.807, 2.05) is 18.2 Å². The Kier molecular flexibility index (Phi) is 5.01. The lowest BCUT2D eigenvalue weighted by molar-refractivity contribution is 0.180. The van der Waals surface area contributed by atoms with E-state index in [-0.39, 0.29) is 0 Å². The summed E-state index contributed by atoms with van der Waals surface area (Å²) in [5.74, 6) is 2.00. The van der Waals surface area contributed by atoms with Gasteiger partial charge in [-0.15, -0.1) is 0 Å². The maximum Gasteiger partial charge on any atom is 0.124 e. The van der Waals surface area contributed by atoms with Gasteiger partial charge in [-0.25, -0.2) is 4.98 Å². The van der Waals surface area contributed by atoms with Crippen LogP contribution in [0.2, 0.25) is 5.02 Å². The van der Waals surface area contributed by atoms with E-state index in [9.17, 15) is 0 Å². The van der Waals surface area contributed by atoms with Gasteiger partial charge >= 0.3 is 0 Å². The maximum atomic E-state index is 6.20. The number of halogens is 1. The van der Waals surface area contributed by atoms with Crippen molar-refractivity contribution in [2.45, 2.75) is 39.8 Å². The Balaban J connectivity index is 1.68. The van der Waals surface area contributed by atoms with Gasteiger partial charge in [0, 0.05) is 11.6 Å². The summed E-state index contributed by atoms with van der Waals surface area (Å²) in [7, 11) is 0. The second-order valence-electron chi connectivity index (χ2n) is 7.69. The Morgan fingerprint density at radius 2 is 1.88 bits per heavy atom. The number of hydrogen-bond donors (Lipinski definition) is 0. The monoisotopic (exact) mass is 367 g/mol. The lowest BCUT2D eigenvalue weighted by Crippen LogP contribution is -2.33. The SMILES string of the molecule is Cc1ccc2c(c1)nc(CN1CCC(C)CC1)n2Cc1cccc(Cl)c1. The molecule has 0 N–H and O–H groups in total. The first kappa shape index (κ1) is 17.6. The summed E-state index contributed by atoms with van der Waals surface area (Å²) in [5.41, 5.74) is 4.76. The second kappa shape index (κ2) is 7.42. The van der Waals surface area contributed by atoms with Gasteiger partial charge in [-0.2, -0.15) is 0 Å². The number of piperidine rings is 1. The van der Waals surface area contributed by atoms with Crippen molar-refractivity contribution in [3.63, 3.8) is 0 Å². The van der Waals surface area contributed by atoms with E-state index >= 15 is 0 Å². The topological polar surface area (TPSA) is 21.1 Å². The largest absolute Gasteiger partial charge is 0.322 e. The fraction of sp³-hybridized carbons (Fsp3) is 0.409. The molecule has 4 heteroatoms. The predicted molar refractivity (Wildman–Crippen MR) is 109 cm³/mol. The molecule has 0 saturated carbocycles. The van der Waals surface area contributed by atoms with Crippen molar-refractivity contribution in [2.75, 3.05) is 13.1 Å². The fourth-order valence-corrected chi connectivity index (χ4v) is 4.04. The van der Waals surface area contributed by atoms with Crippen LogP contribution in [-0.4, -0.2) is 27.5 Å². The molecule has 0 unspecified atom stereocenters. The van der Waals surface area contributed by atoms with Gasteiger partial charge in [0.05, 0.1) is 17.6 Å². The fourth-order valence-electron chi connectivity index (χ4n) is 3.82. The Morgan fingerprint density at radius 1 is 1.08 bits per heavy atom. The summed E-state index contributed by atoms with van der Waals surface area (Å²) in [4.78, 5) is 7.54. The number of fused-ring (bicyclic) bond motifs is 1. The van der Waals surface area contributed by atoms with E-state index < -0.39 is 0 Å². The highest BCUT2D eigenvalue weighted by Crippen LogP contribution is 2.23. The molecule has 0 bridgehead atoms. The molecule has 0 amide bonds. The molecule has 0 radical (unpaired) electrons. The first-order valence-corrected chi connectivity index (χ1v) is 9.89. The molecule has 1 aromatic heterocycles. The summed E-state index contributed by atoms with van der Waals surface area (Å²) in [6.45, 7) is 8.54. The lowest BCUT2D eigenvalue weighted by atomic mass is 9.99. The van der Waals surface area contributed by atoms with Crippen LogP contribution < -0.4 is 0 Å². The van der Waals surface area contributed by atoms with Gasteiger partial charge in [0.25, 0.3) is 0 Å². The molecule has 0 spiro atoms. The van der Waals surface area contributed by atoms with Gasteiger partial charge in [-0.05, 0) is 74.2 Å². The minimum atomic E-state index is 0.786. The number of aryl methyl sites for hydroxylation is 1. The number of likely N-dealkylation sites (tertiary alicyclic amines) is 1. The van der Waals surface area contributed by atoms with Crippen LogP contribution in [0.25, 0.3) is 11.0 Å². The van der Waals surface area contributed by atoms with E-state index in [1.165, 1.54) is 42.6 Å². The third-order valence-corrected chi connectivity index (χ3v) is 5.69. The molecule has 1 saturated heterocycles. The molecule has 4 rings (SSSR count). The van der Waals surface area contributed by atoms with Crippen LogP contribution >= 0.6 is 11.6 Å². The number of nitrogens with zero attached hydrogens (tertiary/aromatic N) is 3. The van der Waals surface area contributed by atoms with Crippen molar-refractivity contribution in [2.24, 2.45) is 5.92 Å². The first-order chi connectivity index (χ1) is 12.6. The average Bonchev–Trinajstić information content (AvgIpc) is 2.93. The van der Waals surface area contributed by atoms with Crippen molar-refractivity contribution < 1.29 is 0 Å². The molecule has 1 fully saturated rings. The zero-order valence-corrected chi connectivity index (χ0v) is 16.3. The molecule has 0 atom stereocenters. The van der Waals surface area contributed by atoms with Crippen molar-refractivity contribution in [3.05, 3.63) is 64.4 Å². The number of benzene rings is 2. The minimum absolute atomic E-state index is 0.786. The predicted octanol–water partition coefficient (Wildman–Crippen LogP) is 5.28. The van der Waals surface area contributed by atoms with E-state index in [4.69, 9.17) is 16.6 Å². The van der Waals surface area contributed by atoms with Crippen LogP contribution in [0, 0.1) is 12.8 Å². The van der Waals surface area contributed by atoms with Crippen LogP contribution in [0.4, 0.5) is 0 Å². The molecule has 136 valence electrons. The van der Waals surface area contributed by atoms with Crippen molar-refractivity contribution in [1.29, 1.82) is 0 Å². The highest BCUT2D eigenvalue weighted by atomic mass is 35.5. The highest BCUT2D eigenvalue weighted by Gasteiger charge is 2.19. The molecular weight excluding hydrogens is 342 g/mol. The van der Waals surface area contributed by atoms with E-state index in [1.54, 1.807) is 0 Å². The Labute approximate surface area is 160 Å². The van der Waals surface area contributed by atoms with Crippen molar-refractivity contribution >= 4 is 22.6 Å². The molecule has 2 heterocycles. The number of aromatic nitrogens is 2. The molecule has 3 aromatic rings. The summed E-state index contributed by atoms with van der Waals surface area (Å²) in [6.07, 6.45) is 2.57. The van der Waals surface area contributed by atoms with Gasteiger partial charge in [0.1, 0.15) is 5.82 Å². The van der Waals surface area contributed by atoms with Crippen LogP contribution in [0.1, 0.15) is 36.7 Å². The number of imidazole rings is 1. The van der Waals surface area contributed by atoms with E-state index in [0.717, 1.165) is 35.4 Å². The molecule has 1 aliphatic rings. The Bertz CT molecular complexity index is 907. The van der Waals surface area contributed by atoms with Gasteiger partial charge < -0.3 is 4.57 Å². The molecule has 2 aromatic carbocycles. The molecular formula is C22H26ClN3. The van der Waals surface area contributed by atoms with Crippen LogP contribution in [0.15, 0.2) is 42.5 Å². The standard InChI is InChI=1S/C22H26ClN3/c1-16-8-10-25(11-9-16)15-22-24-20-12-17(2)6-7-21(20)26(22)14-18-4-3-5-19(23)13-18/h3-7,12-13,16H,8-11,14-15H2,1-2H3. The number of hydrogen-bond acceptors (Lipinski definition) is 2. The van der Waals surface area contributed by atoms with Gasteiger partial charge in [0.2, 0.25) is 0 Å². The zero-order valence-electron chi connectivity index (χ0n) is 15.6. The van der Waals surface area contributed by atoms with Gasteiger partial charge in [0.15, 0.2) is 0 Å². The maximum absolute atomic E-state index is 6.20. The summed E-state index contributed by atoms with van der Waals surface area (Å²) in [6, 6.07) is 14.7. The van der Waals surface area contributed by atoms with Crippen LogP contribution in [0.5, 0.6) is 0 Å². The van der Waals surface area contributed by atoms with Crippen LogP contribution in [0.3, 0.4) is 0 Å².